The molecule has 0 aliphatic heterocycles. The van der Waals surface area contributed by atoms with Crippen molar-refractivity contribution in [3.05, 3.63) is 57.1 Å². The van der Waals surface area contributed by atoms with E-state index in [1.807, 2.05) is 0 Å². The summed E-state index contributed by atoms with van der Waals surface area (Å²) in [6, 6.07) is 9.45. The van der Waals surface area contributed by atoms with Crippen molar-refractivity contribution in [3.8, 4) is 16.9 Å². The molecule has 0 spiro atoms. The molecule has 0 saturated heterocycles. The highest BCUT2D eigenvalue weighted by atomic mass is 35.5. The summed E-state index contributed by atoms with van der Waals surface area (Å²) in [5.74, 6) is 0.0444. The molecular formula is C13H10ClNO3. The minimum atomic E-state index is -0.480. The lowest BCUT2D eigenvalue weighted by Gasteiger charge is -2.07. The minimum Gasteiger partial charge on any atom is -0.507 e. The van der Waals surface area contributed by atoms with E-state index < -0.39 is 4.92 Å². The molecule has 0 fully saturated rings. The molecule has 0 aromatic heterocycles. The Morgan fingerprint density at radius 1 is 1.22 bits per heavy atom. The van der Waals surface area contributed by atoms with Gasteiger partial charge in [0.25, 0.3) is 5.69 Å². The number of nitro benzene ring substituents is 1. The van der Waals surface area contributed by atoms with Crippen LogP contribution in [0.4, 0.5) is 5.69 Å². The SMILES string of the molecule is Cc1cc([N+](=O)[O-])cc(-c2ccc(Cl)cc2)c1O. The minimum absolute atomic E-state index is 0.0444. The van der Waals surface area contributed by atoms with Crippen molar-refractivity contribution >= 4 is 17.3 Å². The van der Waals surface area contributed by atoms with Crippen LogP contribution in [0.3, 0.4) is 0 Å². The molecule has 0 atom stereocenters. The molecular weight excluding hydrogens is 254 g/mol. The number of rotatable bonds is 2. The third-order valence-electron chi connectivity index (χ3n) is 2.65. The Balaban J connectivity index is 2.62. The van der Waals surface area contributed by atoms with Crippen molar-refractivity contribution in [2.45, 2.75) is 6.92 Å². The van der Waals surface area contributed by atoms with E-state index in [2.05, 4.69) is 0 Å². The molecule has 0 bridgehead atoms. The predicted molar refractivity (Wildman–Crippen MR) is 69.9 cm³/mol. The first kappa shape index (κ1) is 12.4. The Hall–Kier alpha value is -2.07. The summed E-state index contributed by atoms with van der Waals surface area (Å²) in [6.07, 6.45) is 0. The number of aryl methyl sites for hydroxylation is 1. The van der Waals surface area contributed by atoms with Crippen LogP contribution < -0.4 is 0 Å². The van der Waals surface area contributed by atoms with E-state index >= 15 is 0 Å². The van der Waals surface area contributed by atoms with Crippen molar-refractivity contribution in [2.24, 2.45) is 0 Å². The molecule has 0 heterocycles. The van der Waals surface area contributed by atoms with Crippen LogP contribution in [-0.2, 0) is 0 Å². The van der Waals surface area contributed by atoms with E-state index in [1.165, 1.54) is 12.1 Å². The molecule has 2 aromatic rings. The Morgan fingerprint density at radius 2 is 1.83 bits per heavy atom. The van der Waals surface area contributed by atoms with Gasteiger partial charge in [-0.2, -0.15) is 0 Å². The highest BCUT2D eigenvalue weighted by molar-refractivity contribution is 6.30. The zero-order valence-electron chi connectivity index (χ0n) is 9.55. The average Bonchev–Trinajstić information content (AvgIpc) is 2.33. The molecule has 92 valence electrons. The lowest BCUT2D eigenvalue weighted by atomic mass is 10.0. The van der Waals surface area contributed by atoms with Gasteiger partial charge in [-0.25, -0.2) is 0 Å². The molecule has 2 aromatic carbocycles. The second-order valence-corrected chi connectivity index (χ2v) is 4.36. The van der Waals surface area contributed by atoms with Crippen molar-refractivity contribution in [2.75, 3.05) is 0 Å². The Labute approximate surface area is 109 Å². The van der Waals surface area contributed by atoms with Gasteiger partial charge >= 0.3 is 0 Å². The van der Waals surface area contributed by atoms with E-state index in [0.717, 1.165) is 0 Å². The Kier molecular flexibility index (Phi) is 3.21. The largest absolute Gasteiger partial charge is 0.507 e. The van der Waals surface area contributed by atoms with Gasteiger partial charge in [-0.1, -0.05) is 23.7 Å². The normalized spacial score (nSPS) is 10.3. The number of nitrogens with zero attached hydrogens (tertiary/aromatic N) is 1. The third-order valence-corrected chi connectivity index (χ3v) is 2.90. The Bertz CT molecular complexity index is 608. The second-order valence-electron chi connectivity index (χ2n) is 3.92. The van der Waals surface area contributed by atoms with E-state index in [0.29, 0.717) is 21.7 Å². The molecule has 0 radical (unpaired) electrons. The monoisotopic (exact) mass is 263 g/mol. The van der Waals surface area contributed by atoms with E-state index in [9.17, 15) is 15.2 Å². The van der Waals surface area contributed by atoms with Crippen LogP contribution >= 0.6 is 11.6 Å². The van der Waals surface area contributed by atoms with Gasteiger partial charge in [-0.3, -0.25) is 10.1 Å². The number of benzene rings is 2. The highest BCUT2D eigenvalue weighted by Crippen LogP contribution is 2.35. The molecule has 0 aliphatic carbocycles. The lowest BCUT2D eigenvalue weighted by Crippen LogP contribution is -1.91. The first-order valence-electron chi connectivity index (χ1n) is 5.23. The molecule has 5 heteroatoms. The fourth-order valence-electron chi connectivity index (χ4n) is 1.72. The van der Waals surface area contributed by atoms with Crippen molar-refractivity contribution in [3.63, 3.8) is 0 Å². The number of nitro groups is 1. The average molecular weight is 264 g/mol. The van der Waals surface area contributed by atoms with Crippen LogP contribution in [0.5, 0.6) is 5.75 Å². The van der Waals surface area contributed by atoms with Gasteiger partial charge < -0.3 is 5.11 Å². The van der Waals surface area contributed by atoms with E-state index in [4.69, 9.17) is 11.6 Å². The van der Waals surface area contributed by atoms with Crippen LogP contribution in [0, 0.1) is 17.0 Å². The van der Waals surface area contributed by atoms with Crippen LogP contribution in [0.1, 0.15) is 5.56 Å². The number of hydrogen-bond acceptors (Lipinski definition) is 3. The summed E-state index contributed by atoms with van der Waals surface area (Å²) in [5, 5.41) is 21.3. The van der Waals surface area contributed by atoms with E-state index in [-0.39, 0.29) is 11.4 Å². The number of phenols is 1. The highest BCUT2D eigenvalue weighted by Gasteiger charge is 2.14. The van der Waals surface area contributed by atoms with Crippen LogP contribution in [0.2, 0.25) is 5.02 Å². The predicted octanol–water partition coefficient (Wildman–Crippen LogP) is 3.93. The molecule has 0 unspecified atom stereocenters. The molecule has 4 nitrogen and oxygen atoms in total. The van der Waals surface area contributed by atoms with Gasteiger partial charge in [0.1, 0.15) is 5.75 Å². The molecule has 0 aliphatic rings. The first-order valence-corrected chi connectivity index (χ1v) is 5.61. The lowest BCUT2D eigenvalue weighted by molar-refractivity contribution is -0.384. The number of phenolic OH excluding ortho intramolecular Hbond substituents is 1. The van der Waals surface area contributed by atoms with Crippen molar-refractivity contribution in [1.29, 1.82) is 0 Å². The first-order chi connectivity index (χ1) is 8.49. The van der Waals surface area contributed by atoms with Crippen molar-refractivity contribution < 1.29 is 10.0 Å². The molecule has 2 rings (SSSR count). The van der Waals surface area contributed by atoms with Gasteiger partial charge in [0, 0.05) is 22.7 Å². The second kappa shape index (κ2) is 4.66. The fraction of sp³-hybridized carbons (Fsp3) is 0.0769. The standard InChI is InChI=1S/C13H10ClNO3/c1-8-6-11(15(17)18)7-12(13(8)16)9-2-4-10(14)5-3-9/h2-7,16H,1H3. The van der Waals surface area contributed by atoms with Gasteiger partial charge in [0.2, 0.25) is 0 Å². The summed E-state index contributed by atoms with van der Waals surface area (Å²) in [5.41, 5.74) is 1.53. The number of non-ortho nitro benzene ring substituents is 1. The zero-order chi connectivity index (χ0) is 13.3. The maximum atomic E-state index is 10.8. The summed E-state index contributed by atoms with van der Waals surface area (Å²) in [4.78, 5) is 10.3. The quantitative estimate of drug-likeness (QED) is 0.659. The number of aromatic hydroxyl groups is 1. The molecule has 0 amide bonds. The van der Waals surface area contributed by atoms with Crippen LogP contribution in [0.15, 0.2) is 36.4 Å². The fourth-order valence-corrected chi connectivity index (χ4v) is 1.84. The summed E-state index contributed by atoms with van der Waals surface area (Å²) < 4.78 is 0. The van der Waals surface area contributed by atoms with Gasteiger partial charge in [-0.05, 0) is 30.2 Å². The van der Waals surface area contributed by atoms with Crippen LogP contribution in [0.25, 0.3) is 11.1 Å². The van der Waals surface area contributed by atoms with E-state index in [1.54, 1.807) is 31.2 Å². The topological polar surface area (TPSA) is 63.4 Å². The smallest absolute Gasteiger partial charge is 0.270 e. The summed E-state index contributed by atoms with van der Waals surface area (Å²) >= 11 is 5.78. The molecule has 18 heavy (non-hydrogen) atoms. The summed E-state index contributed by atoms with van der Waals surface area (Å²) in [6.45, 7) is 1.63. The number of hydrogen-bond donors (Lipinski definition) is 1. The summed E-state index contributed by atoms with van der Waals surface area (Å²) in [7, 11) is 0. The van der Waals surface area contributed by atoms with Crippen molar-refractivity contribution in [1.82, 2.24) is 0 Å². The van der Waals surface area contributed by atoms with Gasteiger partial charge in [0.05, 0.1) is 4.92 Å². The zero-order valence-corrected chi connectivity index (χ0v) is 10.3. The van der Waals surface area contributed by atoms with Gasteiger partial charge in [0.15, 0.2) is 0 Å². The van der Waals surface area contributed by atoms with Gasteiger partial charge in [-0.15, -0.1) is 0 Å². The molecule has 1 N–H and O–H groups in total. The molecule has 0 saturated carbocycles. The number of halogens is 1. The third kappa shape index (κ3) is 2.28. The maximum absolute atomic E-state index is 10.8. The maximum Gasteiger partial charge on any atom is 0.270 e. The Morgan fingerprint density at radius 3 is 2.39 bits per heavy atom. The van der Waals surface area contributed by atoms with Crippen LogP contribution in [-0.4, -0.2) is 10.0 Å².